The van der Waals surface area contributed by atoms with Gasteiger partial charge in [-0.2, -0.15) is 0 Å². The monoisotopic (exact) mass is 431 g/mol. The number of rotatable bonds is 9. The molecule has 0 radical (unpaired) electrons. The van der Waals surface area contributed by atoms with Crippen LogP contribution in [0.2, 0.25) is 0 Å². The number of aromatic nitrogens is 3. The number of nitrogens with zero attached hydrogens (tertiary/aromatic N) is 4. The molecular formula is C22H33N5O2S. The van der Waals surface area contributed by atoms with Crippen LogP contribution in [-0.2, 0) is 16.1 Å². The largest absolute Gasteiger partial charge is 0.379 e. The van der Waals surface area contributed by atoms with Crippen molar-refractivity contribution in [3.05, 3.63) is 29.8 Å². The number of ether oxygens (including phenoxy) is 1. The topological polar surface area (TPSA) is 72.3 Å². The molecule has 0 aliphatic carbocycles. The summed E-state index contributed by atoms with van der Waals surface area (Å²) in [5.74, 6) is 1.20. The van der Waals surface area contributed by atoms with Gasteiger partial charge in [0.25, 0.3) is 0 Å². The van der Waals surface area contributed by atoms with E-state index in [9.17, 15) is 4.79 Å². The first-order valence-electron chi connectivity index (χ1n) is 10.6. The highest BCUT2D eigenvalue weighted by molar-refractivity contribution is 7.99. The second-order valence-electron chi connectivity index (χ2n) is 8.30. The summed E-state index contributed by atoms with van der Waals surface area (Å²) in [4.78, 5) is 14.9. The van der Waals surface area contributed by atoms with Gasteiger partial charge in [0.1, 0.15) is 0 Å². The Balaban J connectivity index is 1.59. The molecule has 0 spiro atoms. The van der Waals surface area contributed by atoms with Crippen LogP contribution < -0.4 is 5.32 Å². The smallest absolute Gasteiger partial charge is 0.230 e. The minimum Gasteiger partial charge on any atom is -0.379 e. The van der Waals surface area contributed by atoms with Crippen molar-refractivity contribution in [1.82, 2.24) is 25.0 Å². The third kappa shape index (κ3) is 5.83. The normalized spacial score (nSPS) is 15.3. The molecule has 0 bridgehead atoms. The minimum absolute atomic E-state index is 0.0180. The first-order chi connectivity index (χ1) is 14.4. The molecule has 1 saturated heterocycles. The van der Waals surface area contributed by atoms with E-state index in [0.29, 0.717) is 12.3 Å². The molecule has 1 aromatic carbocycles. The van der Waals surface area contributed by atoms with Gasteiger partial charge in [0, 0.05) is 37.3 Å². The Morgan fingerprint density at radius 1 is 1.27 bits per heavy atom. The van der Waals surface area contributed by atoms with Crippen molar-refractivity contribution < 1.29 is 9.53 Å². The van der Waals surface area contributed by atoms with E-state index in [4.69, 9.17) is 4.74 Å². The van der Waals surface area contributed by atoms with Gasteiger partial charge in [-0.1, -0.05) is 42.4 Å². The molecular weight excluding hydrogens is 398 g/mol. The quantitative estimate of drug-likeness (QED) is 0.616. The molecule has 8 heteroatoms. The summed E-state index contributed by atoms with van der Waals surface area (Å²) in [7, 11) is 0. The highest BCUT2D eigenvalue weighted by Crippen LogP contribution is 2.25. The number of morpholine rings is 1. The SMILES string of the molecule is CCCn1c(SCC(=O)NCC(C)(C)N2CCOCC2)nnc1-c1cccc(C)c1. The summed E-state index contributed by atoms with van der Waals surface area (Å²) in [5, 5.41) is 12.7. The Labute approximate surface area is 183 Å². The maximum atomic E-state index is 12.5. The van der Waals surface area contributed by atoms with E-state index < -0.39 is 0 Å². The molecule has 0 saturated carbocycles. The van der Waals surface area contributed by atoms with Crippen molar-refractivity contribution >= 4 is 17.7 Å². The number of hydrogen-bond donors (Lipinski definition) is 1. The zero-order valence-electron chi connectivity index (χ0n) is 18.5. The Morgan fingerprint density at radius 2 is 2.03 bits per heavy atom. The lowest BCUT2D eigenvalue weighted by atomic mass is 10.0. The molecule has 30 heavy (non-hydrogen) atoms. The van der Waals surface area contributed by atoms with E-state index in [1.807, 2.05) is 6.07 Å². The van der Waals surface area contributed by atoms with Crippen LogP contribution in [0.3, 0.4) is 0 Å². The first-order valence-corrected chi connectivity index (χ1v) is 11.6. The van der Waals surface area contributed by atoms with Gasteiger partial charge in [-0.15, -0.1) is 10.2 Å². The average Bonchev–Trinajstić information content (AvgIpc) is 3.14. The van der Waals surface area contributed by atoms with Crippen LogP contribution in [0.1, 0.15) is 32.8 Å². The van der Waals surface area contributed by atoms with Crippen LogP contribution >= 0.6 is 11.8 Å². The predicted octanol–water partition coefficient (Wildman–Crippen LogP) is 2.98. The van der Waals surface area contributed by atoms with Gasteiger partial charge in [-0.25, -0.2) is 0 Å². The van der Waals surface area contributed by atoms with Crippen LogP contribution in [0.5, 0.6) is 0 Å². The average molecular weight is 432 g/mol. The van der Waals surface area contributed by atoms with Crippen molar-refractivity contribution in [2.24, 2.45) is 0 Å². The van der Waals surface area contributed by atoms with Crippen molar-refractivity contribution in [1.29, 1.82) is 0 Å². The number of benzene rings is 1. The molecule has 1 aliphatic heterocycles. The van der Waals surface area contributed by atoms with Crippen molar-refractivity contribution in [3.63, 3.8) is 0 Å². The fourth-order valence-electron chi connectivity index (χ4n) is 3.59. The molecule has 7 nitrogen and oxygen atoms in total. The molecule has 1 aliphatic rings. The molecule has 0 atom stereocenters. The third-order valence-electron chi connectivity index (χ3n) is 5.36. The summed E-state index contributed by atoms with van der Waals surface area (Å²) < 4.78 is 7.55. The van der Waals surface area contributed by atoms with E-state index in [0.717, 1.165) is 55.8 Å². The molecule has 2 aromatic rings. The van der Waals surface area contributed by atoms with E-state index in [2.05, 4.69) is 70.9 Å². The lowest BCUT2D eigenvalue weighted by Crippen LogP contribution is -2.55. The third-order valence-corrected chi connectivity index (χ3v) is 6.32. The van der Waals surface area contributed by atoms with Gasteiger partial charge < -0.3 is 14.6 Å². The van der Waals surface area contributed by atoms with E-state index in [1.165, 1.54) is 17.3 Å². The first kappa shape index (κ1) is 22.8. The second kappa shape index (κ2) is 10.4. The highest BCUT2D eigenvalue weighted by atomic mass is 32.2. The van der Waals surface area contributed by atoms with Gasteiger partial charge in [0.15, 0.2) is 11.0 Å². The second-order valence-corrected chi connectivity index (χ2v) is 9.25. The maximum Gasteiger partial charge on any atom is 0.230 e. The highest BCUT2D eigenvalue weighted by Gasteiger charge is 2.28. The van der Waals surface area contributed by atoms with Crippen LogP contribution in [0.25, 0.3) is 11.4 Å². The molecule has 164 valence electrons. The fourth-order valence-corrected chi connectivity index (χ4v) is 4.39. The number of carbonyl (C=O) groups excluding carboxylic acids is 1. The zero-order chi connectivity index (χ0) is 21.6. The summed E-state index contributed by atoms with van der Waals surface area (Å²) in [6.45, 7) is 13.3. The summed E-state index contributed by atoms with van der Waals surface area (Å²) in [5.41, 5.74) is 2.15. The summed E-state index contributed by atoms with van der Waals surface area (Å²) >= 11 is 1.44. The number of hydrogen-bond acceptors (Lipinski definition) is 6. The molecule has 1 N–H and O–H groups in total. The summed E-state index contributed by atoms with van der Waals surface area (Å²) in [6, 6.07) is 8.28. The van der Waals surface area contributed by atoms with Crippen molar-refractivity contribution in [2.45, 2.75) is 51.4 Å². The number of aryl methyl sites for hydroxylation is 1. The Hall–Kier alpha value is -1.90. The number of nitrogens with one attached hydrogen (secondary N) is 1. The minimum atomic E-state index is -0.0926. The van der Waals surface area contributed by atoms with Crippen LogP contribution in [0, 0.1) is 6.92 Å². The number of thioether (sulfide) groups is 1. The Kier molecular flexibility index (Phi) is 7.91. The van der Waals surface area contributed by atoms with Gasteiger partial charge in [0.05, 0.1) is 19.0 Å². The summed E-state index contributed by atoms with van der Waals surface area (Å²) in [6.07, 6.45) is 0.977. The van der Waals surface area contributed by atoms with Gasteiger partial charge in [-0.05, 0) is 33.3 Å². The van der Waals surface area contributed by atoms with Gasteiger partial charge in [-0.3, -0.25) is 9.69 Å². The molecule has 1 aromatic heterocycles. The fraction of sp³-hybridized carbons (Fsp3) is 0.591. The Morgan fingerprint density at radius 3 is 2.73 bits per heavy atom. The van der Waals surface area contributed by atoms with Crippen LogP contribution in [0.4, 0.5) is 0 Å². The van der Waals surface area contributed by atoms with Crippen molar-refractivity contribution in [3.8, 4) is 11.4 Å². The molecule has 1 amide bonds. The van der Waals surface area contributed by atoms with Crippen molar-refractivity contribution in [2.75, 3.05) is 38.6 Å². The van der Waals surface area contributed by atoms with Gasteiger partial charge in [0.2, 0.25) is 5.91 Å². The molecule has 3 rings (SSSR count). The standard InChI is InChI=1S/C22H33N5O2S/c1-5-9-27-20(18-8-6-7-17(2)14-18)24-25-21(27)30-15-19(28)23-16-22(3,4)26-10-12-29-13-11-26/h6-8,14H,5,9-13,15-16H2,1-4H3,(H,23,28). The lowest BCUT2D eigenvalue weighted by molar-refractivity contribution is -0.119. The maximum absolute atomic E-state index is 12.5. The van der Waals surface area contributed by atoms with E-state index in [1.54, 1.807) is 0 Å². The van der Waals surface area contributed by atoms with Crippen LogP contribution in [-0.4, -0.2) is 69.7 Å². The van der Waals surface area contributed by atoms with E-state index >= 15 is 0 Å². The lowest BCUT2D eigenvalue weighted by Gasteiger charge is -2.40. The molecule has 2 heterocycles. The number of amides is 1. The van der Waals surface area contributed by atoms with E-state index in [-0.39, 0.29) is 11.4 Å². The van der Waals surface area contributed by atoms with Crippen LogP contribution in [0.15, 0.2) is 29.4 Å². The number of carbonyl (C=O) groups is 1. The molecule has 1 fully saturated rings. The predicted molar refractivity (Wildman–Crippen MR) is 121 cm³/mol. The Bertz CT molecular complexity index is 846. The molecule has 0 unspecified atom stereocenters. The van der Waals surface area contributed by atoms with Gasteiger partial charge >= 0.3 is 0 Å². The zero-order valence-corrected chi connectivity index (χ0v) is 19.3.